The monoisotopic (exact) mass is 381 g/mol. The van der Waals surface area contributed by atoms with E-state index in [0.717, 1.165) is 24.0 Å². The molecular formula is C23H27NO4. The van der Waals surface area contributed by atoms with Crippen molar-refractivity contribution >= 4 is 11.9 Å². The lowest BCUT2D eigenvalue weighted by atomic mass is 9.78. The van der Waals surface area contributed by atoms with E-state index in [2.05, 4.69) is 19.2 Å². The number of aromatic hydroxyl groups is 1. The van der Waals surface area contributed by atoms with E-state index in [0.29, 0.717) is 17.4 Å². The average molecular weight is 381 g/mol. The summed E-state index contributed by atoms with van der Waals surface area (Å²) in [6.45, 7) is 4.11. The van der Waals surface area contributed by atoms with Crippen molar-refractivity contribution in [1.82, 2.24) is 5.32 Å². The summed E-state index contributed by atoms with van der Waals surface area (Å²) in [5, 5.41) is 12.4. The van der Waals surface area contributed by atoms with E-state index in [9.17, 15) is 14.7 Å². The van der Waals surface area contributed by atoms with Crippen LogP contribution in [-0.4, -0.2) is 29.6 Å². The fourth-order valence-corrected chi connectivity index (χ4v) is 3.70. The molecule has 5 nitrogen and oxygen atoms in total. The molecule has 1 fully saturated rings. The van der Waals surface area contributed by atoms with Gasteiger partial charge in [0.25, 0.3) is 5.91 Å². The third-order valence-electron chi connectivity index (χ3n) is 5.71. The number of hydrogen-bond acceptors (Lipinski definition) is 4. The Labute approximate surface area is 165 Å². The molecule has 2 N–H and O–H groups in total. The van der Waals surface area contributed by atoms with Crippen molar-refractivity contribution in [2.75, 3.05) is 6.61 Å². The van der Waals surface area contributed by atoms with Crippen molar-refractivity contribution in [2.24, 2.45) is 11.8 Å². The van der Waals surface area contributed by atoms with Gasteiger partial charge in [0.05, 0.1) is 5.56 Å². The van der Waals surface area contributed by atoms with Crippen LogP contribution in [0, 0.1) is 11.8 Å². The molecule has 0 spiro atoms. The van der Waals surface area contributed by atoms with Crippen LogP contribution in [0.2, 0.25) is 0 Å². The van der Waals surface area contributed by atoms with Gasteiger partial charge in [0.2, 0.25) is 0 Å². The fourth-order valence-electron chi connectivity index (χ4n) is 3.70. The van der Waals surface area contributed by atoms with E-state index in [1.165, 1.54) is 6.42 Å². The second-order valence-corrected chi connectivity index (χ2v) is 7.64. The summed E-state index contributed by atoms with van der Waals surface area (Å²) in [5.41, 5.74) is 2.26. The SMILES string of the molecule is C[C@@H]1[C@H](C)CCC[C@H]1NC(=O)COC(=O)c1ccc(-c2ccc(O)cc2)cc1. The minimum Gasteiger partial charge on any atom is -0.508 e. The number of carbonyl (C=O) groups excluding carboxylic acids is 2. The molecule has 3 rings (SSSR count). The molecule has 1 amide bonds. The zero-order chi connectivity index (χ0) is 20.1. The van der Waals surface area contributed by atoms with Gasteiger partial charge in [0.15, 0.2) is 6.61 Å². The van der Waals surface area contributed by atoms with Crippen LogP contribution in [-0.2, 0) is 9.53 Å². The van der Waals surface area contributed by atoms with Crippen molar-refractivity contribution in [3.63, 3.8) is 0 Å². The number of phenolic OH excluding ortho intramolecular Hbond substituents is 1. The highest BCUT2D eigenvalue weighted by molar-refractivity contribution is 5.91. The third-order valence-corrected chi connectivity index (χ3v) is 5.71. The number of nitrogens with one attached hydrogen (secondary N) is 1. The second-order valence-electron chi connectivity index (χ2n) is 7.64. The Morgan fingerprint density at radius 3 is 2.25 bits per heavy atom. The topological polar surface area (TPSA) is 75.6 Å². The maximum atomic E-state index is 12.2. The van der Waals surface area contributed by atoms with Gasteiger partial charge >= 0.3 is 5.97 Å². The average Bonchev–Trinajstić information content (AvgIpc) is 2.70. The van der Waals surface area contributed by atoms with Gasteiger partial charge in [0, 0.05) is 6.04 Å². The molecule has 0 unspecified atom stereocenters. The Morgan fingerprint density at radius 1 is 1.00 bits per heavy atom. The highest BCUT2D eigenvalue weighted by atomic mass is 16.5. The molecule has 0 radical (unpaired) electrons. The number of benzene rings is 2. The highest BCUT2D eigenvalue weighted by Crippen LogP contribution is 2.29. The van der Waals surface area contributed by atoms with Crippen molar-refractivity contribution < 1.29 is 19.4 Å². The summed E-state index contributed by atoms with van der Waals surface area (Å²) >= 11 is 0. The van der Waals surface area contributed by atoms with Crippen molar-refractivity contribution in [3.8, 4) is 16.9 Å². The molecule has 0 aromatic heterocycles. The molecule has 5 heteroatoms. The number of carbonyl (C=O) groups is 2. The molecule has 2 aromatic rings. The van der Waals surface area contributed by atoms with E-state index in [4.69, 9.17) is 4.74 Å². The molecule has 2 aromatic carbocycles. The van der Waals surface area contributed by atoms with Gasteiger partial charge in [-0.2, -0.15) is 0 Å². The van der Waals surface area contributed by atoms with Crippen LogP contribution in [0.25, 0.3) is 11.1 Å². The van der Waals surface area contributed by atoms with Gasteiger partial charge < -0.3 is 15.2 Å². The Balaban J connectivity index is 1.51. The zero-order valence-corrected chi connectivity index (χ0v) is 16.4. The predicted molar refractivity (Wildman–Crippen MR) is 108 cm³/mol. The predicted octanol–water partition coefficient (Wildman–Crippen LogP) is 4.16. The summed E-state index contributed by atoms with van der Waals surface area (Å²) in [4.78, 5) is 24.4. The smallest absolute Gasteiger partial charge is 0.338 e. The molecular weight excluding hydrogens is 354 g/mol. The molecule has 1 aliphatic carbocycles. The number of rotatable bonds is 5. The van der Waals surface area contributed by atoms with E-state index >= 15 is 0 Å². The Hall–Kier alpha value is -2.82. The number of ether oxygens (including phenoxy) is 1. The highest BCUT2D eigenvalue weighted by Gasteiger charge is 2.28. The molecule has 0 heterocycles. The molecule has 0 bridgehead atoms. The minimum absolute atomic E-state index is 0.152. The van der Waals surface area contributed by atoms with Crippen LogP contribution < -0.4 is 5.32 Å². The summed E-state index contributed by atoms with van der Waals surface area (Å²) in [5.74, 6) is 0.464. The van der Waals surface area contributed by atoms with Crippen LogP contribution in [0.3, 0.4) is 0 Å². The van der Waals surface area contributed by atoms with Gasteiger partial charge in [-0.25, -0.2) is 4.79 Å². The lowest BCUT2D eigenvalue weighted by molar-refractivity contribution is -0.125. The molecule has 148 valence electrons. The van der Waals surface area contributed by atoms with E-state index in [1.54, 1.807) is 36.4 Å². The lowest BCUT2D eigenvalue weighted by Crippen LogP contribution is -2.45. The Kier molecular flexibility index (Phi) is 6.34. The molecule has 1 aliphatic rings. The van der Waals surface area contributed by atoms with Crippen LogP contribution >= 0.6 is 0 Å². The fraction of sp³-hybridized carbons (Fsp3) is 0.391. The summed E-state index contributed by atoms with van der Waals surface area (Å²) in [6.07, 6.45) is 3.29. The first-order chi connectivity index (χ1) is 13.4. The quantitative estimate of drug-likeness (QED) is 0.763. The van der Waals surface area contributed by atoms with Crippen LogP contribution in [0.1, 0.15) is 43.5 Å². The third kappa shape index (κ3) is 4.91. The first-order valence-corrected chi connectivity index (χ1v) is 9.80. The number of amides is 1. The summed E-state index contributed by atoms with van der Waals surface area (Å²) in [7, 11) is 0. The molecule has 1 saturated carbocycles. The van der Waals surface area contributed by atoms with Gasteiger partial charge in [-0.1, -0.05) is 51.0 Å². The Morgan fingerprint density at radius 2 is 1.61 bits per heavy atom. The first-order valence-electron chi connectivity index (χ1n) is 9.80. The van der Waals surface area contributed by atoms with Gasteiger partial charge in [-0.15, -0.1) is 0 Å². The summed E-state index contributed by atoms with van der Waals surface area (Å²) in [6, 6.07) is 14.0. The minimum atomic E-state index is -0.516. The number of hydrogen-bond donors (Lipinski definition) is 2. The van der Waals surface area contributed by atoms with Crippen molar-refractivity contribution in [2.45, 2.75) is 39.2 Å². The van der Waals surface area contributed by atoms with E-state index < -0.39 is 5.97 Å². The van der Waals surface area contributed by atoms with Gasteiger partial charge in [0.1, 0.15) is 5.75 Å². The largest absolute Gasteiger partial charge is 0.508 e. The van der Waals surface area contributed by atoms with Crippen molar-refractivity contribution in [3.05, 3.63) is 54.1 Å². The van der Waals surface area contributed by atoms with Crippen LogP contribution in [0.15, 0.2) is 48.5 Å². The number of phenols is 1. The van der Waals surface area contributed by atoms with E-state index in [1.807, 2.05) is 12.1 Å². The molecule has 3 atom stereocenters. The molecule has 28 heavy (non-hydrogen) atoms. The number of esters is 1. The standard InChI is InChI=1S/C23H27NO4/c1-15-4-3-5-21(16(15)2)24-22(26)14-28-23(27)19-8-6-17(7-9-19)18-10-12-20(25)13-11-18/h6-13,15-16,21,25H,3-5,14H2,1-2H3,(H,24,26)/t15-,16-,21-/m1/s1. The van der Waals surface area contributed by atoms with Crippen molar-refractivity contribution in [1.29, 1.82) is 0 Å². The second kappa shape index (κ2) is 8.91. The molecule has 0 aliphatic heterocycles. The normalized spacial score (nSPS) is 21.7. The first kappa shape index (κ1) is 19.9. The lowest BCUT2D eigenvalue weighted by Gasteiger charge is -2.34. The maximum absolute atomic E-state index is 12.2. The van der Waals surface area contributed by atoms with Crippen LogP contribution in [0.4, 0.5) is 0 Å². The Bertz CT molecular complexity index is 814. The van der Waals surface area contributed by atoms with Gasteiger partial charge in [-0.05, 0) is 53.6 Å². The zero-order valence-electron chi connectivity index (χ0n) is 16.4. The van der Waals surface area contributed by atoms with Crippen LogP contribution in [0.5, 0.6) is 5.75 Å². The summed E-state index contributed by atoms with van der Waals surface area (Å²) < 4.78 is 5.17. The maximum Gasteiger partial charge on any atom is 0.338 e. The molecule has 0 saturated heterocycles. The van der Waals surface area contributed by atoms with E-state index in [-0.39, 0.29) is 24.3 Å². The van der Waals surface area contributed by atoms with Gasteiger partial charge in [-0.3, -0.25) is 4.79 Å².